The molecule has 0 bridgehead atoms. The highest BCUT2D eigenvalue weighted by Gasteiger charge is 2.01. The Morgan fingerprint density at radius 1 is 1.27 bits per heavy atom. The van der Waals surface area contributed by atoms with E-state index in [1.807, 2.05) is 7.05 Å². The zero-order valence-corrected chi connectivity index (χ0v) is 11.4. The molecule has 1 nitrogen and oxygen atoms in total. The average molecular weight is 300 g/mol. The van der Waals surface area contributed by atoms with Crippen molar-refractivity contribution in [3.05, 3.63) is 40.2 Å². The van der Waals surface area contributed by atoms with Crippen molar-refractivity contribution in [2.24, 2.45) is 0 Å². The van der Waals surface area contributed by atoms with Crippen molar-refractivity contribution < 1.29 is 0 Å². The van der Waals surface area contributed by atoms with E-state index in [4.69, 9.17) is 0 Å². The van der Waals surface area contributed by atoms with Gasteiger partial charge in [-0.1, -0.05) is 17.8 Å². The van der Waals surface area contributed by atoms with Crippen LogP contribution in [0.1, 0.15) is 0 Å². The third-order valence-electron chi connectivity index (χ3n) is 1.89. The fourth-order valence-corrected chi connectivity index (χ4v) is 4.05. The zero-order chi connectivity index (χ0) is 10.7. The van der Waals surface area contributed by atoms with Crippen LogP contribution in [-0.2, 0) is 0 Å². The second-order valence-electron chi connectivity index (χ2n) is 2.94. The fourth-order valence-electron chi connectivity index (χ4n) is 1.18. The number of rotatable bonds is 3. The summed E-state index contributed by atoms with van der Waals surface area (Å²) >= 11 is 7.01. The molecule has 2 aromatic rings. The average Bonchev–Trinajstić information content (AvgIpc) is 2.64. The van der Waals surface area contributed by atoms with Crippen LogP contribution in [0.3, 0.4) is 0 Å². The molecule has 0 aliphatic carbocycles. The lowest BCUT2D eigenvalue weighted by Gasteiger charge is -2.02. The topological polar surface area (TPSA) is 12.0 Å². The molecule has 0 saturated heterocycles. The molecule has 0 amide bonds. The Kier molecular flexibility index (Phi) is 3.72. The summed E-state index contributed by atoms with van der Waals surface area (Å²) < 4.78 is 2.48. The highest BCUT2D eigenvalue weighted by Crippen LogP contribution is 2.36. The van der Waals surface area contributed by atoms with Gasteiger partial charge in [-0.2, -0.15) is 0 Å². The molecule has 0 unspecified atom stereocenters. The summed E-state index contributed by atoms with van der Waals surface area (Å²) in [7, 11) is 1.94. The van der Waals surface area contributed by atoms with Crippen LogP contribution in [0.25, 0.3) is 0 Å². The maximum absolute atomic E-state index is 3.47. The van der Waals surface area contributed by atoms with Gasteiger partial charge in [0.2, 0.25) is 0 Å². The molecule has 2 rings (SSSR count). The molecule has 1 heterocycles. The molecule has 1 N–H and O–H groups in total. The van der Waals surface area contributed by atoms with Crippen LogP contribution in [0, 0.1) is 0 Å². The smallest absolute Gasteiger partial charge is 0.0710 e. The summed E-state index contributed by atoms with van der Waals surface area (Å²) in [5, 5.41) is 3.14. The van der Waals surface area contributed by atoms with Crippen molar-refractivity contribution in [2.75, 3.05) is 12.4 Å². The Balaban J connectivity index is 2.16. The van der Waals surface area contributed by atoms with Gasteiger partial charge in [-0.15, -0.1) is 11.3 Å². The van der Waals surface area contributed by atoms with E-state index in [1.54, 1.807) is 23.1 Å². The summed E-state index contributed by atoms with van der Waals surface area (Å²) in [5.41, 5.74) is 1.15. The molecule has 78 valence electrons. The lowest BCUT2D eigenvalue weighted by atomic mass is 10.3. The lowest BCUT2D eigenvalue weighted by Crippen LogP contribution is -1.86. The van der Waals surface area contributed by atoms with Crippen LogP contribution < -0.4 is 5.32 Å². The van der Waals surface area contributed by atoms with E-state index in [0.29, 0.717) is 0 Å². The summed E-state index contributed by atoms with van der Waals surface area (Å²) in [4.78, 5) is 1.26. The molecular weight excluding hydrogens is 290 g/mol. The van der Waals surface area contributed by atoms with E-state index < -0.39 is 0 Å². The number of thiophene rings is 1. The van der Waals surface area contributed by atoms with E-state index in [1.165, 1.54) is 12.9 Å². The number of nitrogens with one attached hydrogen (secondary N) is 1. The van der Waals surface area contributed by atoms with Gasteiger partial charge >= 0.3 is 0 Å². The van der Waals surface area contributed by atoms with Crippen molar-refractivity contribution in [3.8, 4) is 0 Å². The quantitative estimate of drug-likeness (QED) is 0.881. The molecule has 0 atom stereocenters. The van der Waals surface area contributed by atoms with Gasteiger partial charge in [0.05, 0.1) is 8.00 Å². The van der Waals surface area contributed by atoms with E-state index in [0.717, 1.165) is 5.69 Å². The summed E-state index contributed by atoms with van der Waals surface area (Å²) in [5.74, 6) is 0. The van der Waals surface area contributed by atoms with Crippen molar-refractivity contribution >= 4 is 44.7 Å². The lowest BCUT2D eigenvalue weighted by molar-refractivity contribution is 1.41. The Bertz CT molecular complexity index is 453. The summed E-state index contributed by atoms with van der Waals surface area (Å²) in [6, 6.07) is 12.6. The van der Waals surface area contributed by atoms with Crippen LogP contribution >= 0.6 is 39.0 Å². The molecule has 1 aromatic heterocycles. The SMILES string of the molecule is CNc1cccc(Sc2ccc(Br)s2)c1. The monoisotopic (exact) mass is 299 g/mol. The van der Waals surface area contributed by atoms with Crippen molar-refractivity contribution in [3.63, 3.8) is 0 Å². The Hall–Kier alpha value is -0.450. The molecule has 0 aliphatic heterocycles. The number of anilines is 1. The van der Waals surface area contributed by atoms with Crippen LogP contribution in [0.15, 0.2) is 49.3 Å². The molecule has 0 radical (unpaired) electrons. The first kappa shape index (κ1) is 11.0. The molecule has 0 fully saturated rings. The fraction of sp³-hybridized carbons (Fsp3) is 0.0909. The highest BCUT2D eigenvalue weighted by molar-refractivity contribution is 9.11. The number of benzene rings is 1. The highest BCUT2D eigenvalue weighted by atomic mass is 79.9. The van der Waals surface area contributed by atoms with Crippen LogP contribution in [-0.4, -0.2) is 7.05 Å². The summed E-state index contributed by atoms with van der Waals surface area (Å²) in [6.45, 7) is 0. The summed E-state index contributed by atoms with van der Waals surface area (Å²) in [6.07, 6.45) is 0. The van der Waals surface area contributed by atoms with E-state index in [9.17, 15) is 0 Å². The maximum Gasteiger partial charge on any atom is 0.0710 e. The minimum Gasteiger partial charge on any atom is -0.388 e. The molecule has 0 spiro atoms. The third kappa shape index (κ3) is 3.00. The molecule has 0 saturated carbocycles. The number of hydrogen-bond acceptors (Lipinski definition) is 3. The predicted molar refractivity (Wildman–Crippen MR) is 72.1 cm³/mol. The molecule has 0 aliphatic rings. The maximum atomic E-state index is 3.47. The van der Waals surface area contributed by atoms with Gasteiger partial charge in [0.1, 0.15) is 0 Å². The van der Waals surface area contributed by atoms with Crippen LogP contribution in [0.5, 0.6) is 0 Å². The molecule has 15 heavy (non-hydrogen) atoms. The predicted octanol–water partition coefficient (Wildman–Crippen LogP) is 4.70. The van der Waals surface area contributed by atoms with Gasteiger partial charge in [0.25, 0.3) is 0 Å². The van der Waals surface area contributed by atoms with Gasteiger partial charge in [-0.25, -0.2) is 0 Å². The van der Waals surface area contributed by atoms with Crippen molar-refractivity contribution in [1.29, 1.82) is 0 Å². The second-order valence-corrected chi connectivity index (χ2v) is 6.78. The zero-order valence-electron chi connectivity index (χ0n) is 8.16. The first-order valence-electron chi connectivity index (χ1n) is 4.49. The Labute approximate surface area is 106 Å². The van der Waals surface area contributed by atoms with E-state index in [-0.39, 0.29) is 0 Å². The van der Waals surface area contributed by atoms with Gasteiger partial charge in [-0.3, -0.25) is 0 Å². The van der Waals surface area contributed by atoms with E-state index in [2.05, 4.69) is 57.6 Å². The number of halogens is 1. The standard InChI is InChI=1S/C11H10BrNS2/c1-13-8-3-2-4-9(7-8)14-11-6-5-10(12)15-11/h2-7,13H,1H3. The second kappa shape index (κ2) is 5.05. The van der Waals surface area contributed by atoms with Gasteiger partial charge < -0.3 is 5.32 Å². The first-order valence-corrected chi connectivity index (χ1v) is 6.91. The minimum atomic E-state index is 1.15. The van der Waals surface area contributed by atoms with E-state index >= 15 is 0 Å². The van der Waals surface area contributed by atoms with Crippen molar-refractivity contribution in [1.82, 2.24) is 0 Å². The van der Waals surface area contributed by atoms with Gasteiger partial charge in [0.15, 0.2) is 0 Å². The molecule has 1 aromatic carbocycles. The first-order chi connectivity index (χ1) is 7.28. The number of hydrogen-bond donors (Lipinski definition) is 1. The van der Waals surface area contributed by atoms with Crippen molar-refractivity contribution in [2.45, 2.75) is 9.10 Å². The normalized spacial score (nSPS) is 10.3. The minimum absolute atomic E-state index is 1.15. The third-order valence-corrected chi connectivity index (χ3v) is 4.63. The van der Waals surface area contributed by atoms with Gasteiger partial charge in [0, 0.05) is 17.6 Å². The van der Waals surface area contributed by atoms with Crippen LogP contribution in [0.4, 0.5) is 5.69 Å². The van der Waals surface area contributed by atoms with Gasteiger partial charge in [-0.05, 0) is 46.3 Å². The van der Waals surface area contributed by atoms with Crippen LogP contribution in [0.2, 0.25) is 0 Å². The Morgan fingerprint density at radius 2 is 2.13 bits per heavy atom. The Morgan fingerprint density at radius 3 is 2.80 bits per heavy atom. The largest absolute Gasteiger partial charge is 0.388 e. The molecule has 4 heteroatoms. The molecular formula is C11H10BrNS2.